The zero-order chi connectivity index (χ0) is 13.8. The van der Waals surface area contributed by atoms with Gasteiger partial charge in [-0.05, 0) is 31.5 Å². The fourth-order valence-electron chi connectivity index (χ4n) is 1.47. The molecule has 2 aromatic rings. The van der Waals surface area contributed by atoms with E-state index in [9.17, 15) is 4.79 Å². The minimum absolute atomic E-state index is 0.186. The van der Waals surface area contributed by atoms with Crippen molar-refractivity contribution in [2.75, 3.05) is 11.9 Å². The molecule has 0 saturated heterocycles. The van der Waals surface area contributed by atoms with Crippen LogP contribution in [0.5, 0.6) is 0 Å². The zero-order valence-corrected chi connectivity index (χ0v) is 12.0. The van der Waals surface area contributed by atoms with Gasteiger partial charge in [-0.25, -0.2) is 4.79 Å². The van der Waals surface area contributed by atoms with Crippen molar-refractivity contribution in [1.82, 2.24) is 9.59 Å². The quantitative estimate of drug-likeness (QED) is 0.876. The normalized spacial score (nSPS) is 10.3. The van der Waals surface area contributed by atoms with Crippen LogP contribution >= 0.6 is 23.1 Å². The molecule has 100 valence electrons. The number of halogens is 1. The maximum atomic E-state index is 11.7. The third kappa shape index (κ3) is 3.02. The van der Waals surface area contributed by atoms with Crippen LogP contribution in [0.15, 0.2) is 18.2 Å². The highest BCUT2D eigenvalue weighted by molar-refractivity contribution is 7.10. The van der Waals surface area contributed by atoms with E-state index in [0.717, 1.165) is 22.8 Å². The van der Waals surface area contributed by atoms with Gasteiger partial charge in [0.05, 0.1) is 6.61 Å². The summed E-state index contributed by atoms with van der Waals surface area (Å²) in [6.45, 7) is 3.93. The van der Waals surface area contributed by atoms with Crippen LogP contribution in [-0.4, -0.2) is 22.2 Å². The van der Waals surface area contributed by atoms with Gasteiger partial charge in [-0.2, -0.15) is 0 Å². The lowest BCUT2D eigenvalue weighted by Crippen LogP contribution is -2.07. The third-order valence-corrected chi connectivity index (χ3v) is 3.52. The van der Waals surface area contributed by atoms with Crippen LogP contribution in [-0.2, 0) is 4.74 Å². The van der Waals surface area contributed by atoms with Gasteiger partial charge in [0.15, 0.2) is 0 Å². The molecule has 5 nitrogen and oxygen atoms in total. The summed E-state index contributed by atoms with van der Waals surface area (Å²) in [5.41, 5.74) is 1.89. The van der Waals surface area contributed by atoms with Crippen LogP contribution < -0.4 is 5.32 Å². The Kier molecular flexibility index (Phi) is 4.34. The summed E-state index contributed by atoms with van der Waals surface area (Å²) in [5.74, 6) is -0.488. The molecule has 1 aromatic carbocycles. The molecule has 0 amide bonds. The second kappa shape index (κ2) is 5.99. The van der Waals surface area contributed by atoms with Crippen molar-refractivity contribution in [3.63, 3.8) is 0 Å². The summed E-state index contributed by atoms with van der Waals surface area (Å²) in [6.07, 6.45) is 0. The van der Waals surface area contributed by atoms with Gasteiger partial charge >= 0.3 is 5.97 Å². The van der Waals surface area contributed by atoms with Crippen molar-refractivity contribution in [3.8, 4) is 0 Å². The van der Waals surface area contributed by atoms with Gasteiger partial charge in [0.25, 0.3) is 0 Å². The number of benzene rings is 1. The second-order valence-corrected chi connectivity index (χ2v) is 4.87. The number of anilines is 2. The first kappa shape index (κ1) is 13.8. The van der Waals surface area contributed by atoms with Crippen molar-refractivity contribution < 1.29 is 9.53 Å². The van der Waals surface area contributed by atoms with E-state index in [0.29, 0.717) is 16.6 Å². The van der Waals surface area contributed by atoms with E-state index in [-0.39, 0.29) is 5.69 Å². The van der Waals surface area contributed by atoms with E-state index < -0.39 is 5.97 Å². The van der Waals surface area contributed by atoms with E-state index >= 15 is 0 Å². The molecule has 0 fully saturated rings. The van der Waals surface area contributed by atoms with Crippen molar-refractivity contribution in [1.29, 1.82) is 0 Å². The summed E-state index contributed by atoms with van der Waals surface area (Å²) >= 11 is 7.14. The summed E-state index contributed by atoms with van der Waals surface area (Å²) in [5, 5.41) is 8.09. The Hall–Kier alpha value is -1.66. The van der Waals surface area contributed by atoms with Crippen molar-refractivity contribution >= 4 is 39.8 Å². The molecule has 19 heavy (non-hydrogen) atoms. The third-order valence-electron chi connectivity index (χ3n) is 2.47. The summed E-state index contributed by atoms with van der Waals surface area (Å²) in [6, 6.07) is 5.51. The molecule has 0 saturated carbocycles. The average Bonchev–Trinajstić information content (AvgIpc) is 2.83. The SMILES string of the molecule is CCOC(=O)c1nnsc1Nc1cccc(Cl)c1C. The summed E-state index contributed by atoms with van der Waals surface area (Å²) in [7, 11) is 0. The number of ether oxygens (including phenoxy) is 1. The number of hydrogen-bond donors (Lipinski definition) is 1. The van der Waals surface area contributed by atoms with E-state index in [2.05, 4.69) is 14.9 Å². The molecule has 0 atom stereocenters. The lowest BCUT2D eigenvalue weighted by atomic mass is 10.2. The highest BCUT2D eigenvalue weighted by atomic mass is 35.5. The molecule has 0 aliphatic carbocycles. The van der Waals surface area contributed by atoms with E-state index in [1.54, 1.807) is 13.0 Å². The van der Waals surface area contributed by atoms with Crippen molar-refractivity contribution in [3.05, 3.63) is 34.5 Å². The number of nitrogens with one attached hydrogen (secondary N) is 1. The Morgan fingerprint density at radius 3 is 3.05 bits per heavy atom. The largest absolute Gasteiger partial charge is 0.461 e. The van der Waals surface area contributed by atoms with Crippen molar-refractivity contribution in [2.24, 2.45) is 0 Å². The number of rotatable bonds is 4. The highest BCUT2D eigenvalue weighted by Crippen LogP contribution is 2.29. The first-order valence-corrected chi connectivity index (χ1v) is 6.80. The molecule has 0 aliphatic heterocycles. The number of carbonyl (C=O) groups is 1. The van der Waals surface area contributed by atoms with E-state index in [1.165, 1.54) is 0 Å². The monoisotopic (exact) mass is 297 g/mol. The van der Waals surface area contributed by atoms with Gasteiger partial charge in [0.2, 0.25) is 5.69 Å². The Labute approximate surface area is 119 Å². The number of hydrogen-bond acceptors (Lipinski definition) is 6. The van der Waals surface area contributed by atoms with Gasteiger partial charge in [-0.15, -0.1) is 5.10 Å². The molecule has 0 radical (unpaired) electrons. The minimum Gasteiger partial charge on any atom is -0.461 e. The van der Waals surface area contributed by atoms with Crippen LogP contribution in [0.25, 0.3) is 0 Å². The predicted octanol–water partition coefficient (Wildman–Crippen LogP) is 3.42. The van der Waals surface area contributed by atoms with Crippen LogP contribution in [0, 0.1) is 6.92 Å². The Balaban J connectivity index is 2.27. The molecule has 7 heteroatoms. The molecule has 2 rings (SSSR count). The van der Waals surface area contributed by atoms with Gasteiger partial charge < -0.3 is 10.1 Å². The molecule has 0 aliphatic rings. The summed E-state index contributed by atoms with van der Waals surface area (Å²) in [4.78, 5) is 11.7. The molecule has 0 unspecified atom stereocenters. The number of nitrogens with zero attached hydrogens (tertiary/aromatic N) is 2. The molecule has 0 bridgehead atoms. The molecule has 1 heterocycles. The van der Waals surface area contributed by atoms with Crippen LogP contribution in [0.2, 0.25) is 5.02 Å². The topological polar surface area (TPSA) is 64.1 Å². The van der Waals surface area contributed by atoms with Gasteiger partial charge in [0.1, 0.15) is 5.00 Å². The smallest absolute Gasteiger partial charge is 0.362 e. The lowest BCUT2D eigenvalue weighted by Gasteiger charge is -2.09. The molecule has 1 N–H and O–H groups in total. The maximum absolute atomic E-state index is 11.7. The lowest BCUT2D eigenvalue weighted by molar-refractivity contribution is 0.0520. The maximum Gasteiger partial charge on any atom is 0.362 e. The van der Waals surface area contributed by atoms with Crippen LogP contribution in [0.3, 0.4) is 0 Å². The van der Waals surface area contributed by atoms with Gasteiger partial charge in [-0.1, -0.05) is 22.2 Å². The molecule has 1 aromatic heterocycles. The first-order valence-electron chi connectivity index (χ1n) is 5.65. The zero-order valence-electron chi connectivity index (χ0n) is 10.4. The van der Waals surface area contributed by atoms with Crippen LogP contribution in [0.1, 0.15) is 23.0 Å². The average molecular weight is 298 g/mol. The second-order valence-electron chi connectivity index (χ2n) is 3.71. The highest BCUT2D eigenvalue weighted by Gasteiger charge is 2.18. The Morgan fingerprint density at radius 1 is 1.53 bits per heavy atom. The van der Waals surface area contributed by atoms with E-state index in [4.69, 9.17) is 16.3 Å². The van der Waals surface area contributed by atoms with E-state index in [1.807, 2.05) is 19.1 Å². The van der Waals surface area contributed by atoms with Gasteiger partial charge in [-0.3, -0.25) is 0 Å². The molecular weight excluding hydrogens is 286 g/mol. The predicted molar refractivity (Wildman–Crippen MR) is 75.3 cm³/mol. The Bertz CT molecular complexity index is 600. The number of esters is 1. The molecule has 0 spiro atoms. The fraction of sp³-hybridized carbons (Fsp3) is 0.250. The van der Waals surface area contributed by atoms with Gasteiger partial charge in [0, 0.05) is 22.2 Å². The Morgan fingerprint density at radius 2 is 2.32 bits per heavy atom. The standard InChI is InChI=1S/C12H12ClN3O2S/c1-3-18-12(17)10-11(19-16-15-10)14-9-6-4-5-8(13)7(9)2/h4-6,14H,3H2,1-2H3. The summed E-state index contributed by atoms with van der Waals surface area (Å²) < 4.78 is 8.69. The van der Waals surface area contributed by atoms with Crippen LogP contribution in [0.4, 0.5) is 10.7 Å². The molecular formula is C12H12ClN3O2S. The fourth-order valence-corrected chi connectivity index (χ4v) is 2.22. The first-order chi connectivity index (χ1) is 9.13. The number of aromatic nitrogens is 2. The van der Waals surface area contributed by atoms with Crippen molar-refractivity contribution in [2.45, 2.75) is 13.8 Å². The number of carbonyl (C=O) groups excluding carboxylic acids is 1. The minimum atomic E-state index is -0.488.